The zero-order chi connectivity index (χ0) is 20.7. The number of rotatable bonds is 8. The predicted molar refractivity (Wildman–Crippen MR) is 119 cm³/mol. The summed E-state index contributed by atoms with van der Waals surface area (Å²) in [5, 5.41) is 9.21. The average molecular weight is 464 g/mol. The molecule has 2 aromatic carbocycles. The SMILES string of the molecule is Cc1cc(C)c(S(=O)(=O)N(C/C=C(\Br)CO)C/C=C/c2ccccc2)c(C)c1. The Bertz CT molecular complexity index is 944. The molecule has 1 N–H and O–H groups in total. The Labute approximate surface area is 176 Å². The van der Waals surface area contributed by atoms with Gasteiger partial charge in [-0.15, -0.1) is 0 Å². The summed E-state index contributed by atoms with van der Waals surface area (Å²) in [6, 6.07) is 13.5. The van der Waals surface area contributed by atoms with Crippen LogP contribution in [-0.2, 0) is 10.0 Å². The molecule has 0 aliphatic heterocycles. The number of sulfonamides is 1. The summed E-state index contributed by atoms with van der Waals surface area (Å²) in [7, 11) is -3.70. The maximum absolute atomic E-state index is 13.4. The van der Waals surface area contributed by atoms with Crippen molar-refractivity contribution in [3.63, 3.8) is 0 Å². The van der Waals surface area contributed by atoms with Crippen LogP contribution >= 0.6 is 15.9 Å². The lowest BCUT2D eigenvalue weighted by Gasteiger charge is -2.22. The van der Waals surface area contributed by atoms with Crippen LogP contribution in [0, 0.1) is 20.8 Å². The Morgan fingerprint density at radius 1 is 1.07 bits per heavy atom. The number of aliphatic hydroxyl groups is 1. The minimum absolute atomic E-state index is 0.162. The molecule has 0 spiro atoms. The molecule has 4 nitrogen and oxygen atoms in total. The lowest BCUT2D eigenvalue weighted by molar-refractivity contribution is 0.339. The van der Waals surface area contributed by atoms with Crippen LogP contribution in [0.4, 0.5) is 0 Å². The fourth-order valence-electron chi connectivity index (χ4n) is 3.11. The highest BCUT2D eigenvalue weighted by molar-refractivity contribution is 9.11. The van der Waals surface area contributed by atoms with E-state index in [4.69, 9.17) is 0 Å². The highest BCUT2D eigenvalue weighted by Crippen LogP contribution is 2.25. The molecule has 0 bridgehead atoms. The Kier molecular flexibility index (Phi) is 8.19. The molecule has 150 valence electrons. The van der Waals surface area contributed by atoms with E-state index in [1.165, 1.54) is 4.31 Å². The second-order valence-corrected chi connectivity index (χ2v) is 9.57. The van der Waals surface area contributed by atoms with E-state index in [-0.39, 0.29) is 19.7 Å². The summed E-state index contributed by atoms with van der Waals surface area (Å²) >= 11 is 3.24. The first-order valence-corrected chi connectivity index (χ1v) is 11.2. The van der Waals surface area contributed by atoms with E-state index in [2.05, 4.69) is 15.9 Å². The van der Waals surface area contributed by atoms with Crippen LogP contribution in [0.5, 0.6) is 0 Å². The number of aliphatic hydroxyl groups excluding tert-OH is 1. The Morgan fingerprint density at radius 3 is 2.25 bits per heavy atom. The van der Waals surface area contributed by atoms with Gasteiger partial charge in [-0.2, -0.15) is 4.31 Å². The molecule has 0 radical (unpaired) electrons. The summed E-state index contributed by atoms with van der Waals surface area (Å²) < 4.78 is 28.8. The van der Waals surface area contributed by atoms with Gasteiger partial charge in [-0.1, -0.05) is 82.2 Å². The van der Waals surface area contributed by atoms with Crippen LogP contribution in [0.1, 0.15) is 22.3 Å². The number of benzene rings is 2. The van der Waals surface area contributed by atoms with Crippen molar-refractivity contribution in [3.05, 3.63) is 81.4 Å². The molecule has 2 aromatic rings. The third-order valence-electron chi connectivity index (χ3n) is 4.29. The second-order valence-electron chi connectivity index (χ2n) is 6.67. The van der Waals surface area contributed by atoms with Crippen molar-refractivity contribution in [3.8, 4) is 0 Å². The molecule has 0 atom stereocenters. The van der Waals surface area contributed by atoms with Crippen LogP contribution < -0.4 is 0 Å². The van der Waals surface area contributed by atoms with Crippen molar-refractivity contribution >= 4 is 32.0 Å². The molecule has 0 aromatic heterocycles. The van der Waals surface area contributed by atoms with Gasteiger partial charge in [0.1, 0.15) is 0 Å². The van der Waals surface area contributed by atoms with Gasteiger partial charge in [0.05, 0.1) is 11.5 Å². The molecule has 6 heteroatoms. The molecule has 28 heavy (non-hydrogen) atoms. The van der Waals surface area contributed by atoms with E-state index in [9.17, 15) is 13.5 Å². The quantitative estimate of drug-likeness (QED) is 0.622. The van der Waals surface area contributed by atoms with Crippen LogP contribution in [0.25, 0.3) is 6.08 Å². The summed E-state index contributed by atoms with van der Waals surface area (Å²) in [6.45, 7) is 5.82. The lowest BCUT2D eigenvalue weighted by atomic mass is 10.1. The Hall–Kier alpha value is -1.73. The average Bonchev–Trinajstić information content (AvgIpc) is 2.63. The number of halogens is 1. The number of hydrogen-bond acceptors (Lipinski definition) is 3. The van der Waals surface area contributed by atoms with Crippen molar-refractivity contribution < 1.29 is 13.5 Å². The van der Waals surface area contributed by atoms with Gasteiger partial charge in [0, 0.05) is 17.6 Å². The summed E-state index contributed by atoms with van der Waals surface area (Å²) in [6.07, 6.45) is 5.42. The molecule has 0 aliphatic carbocycles. The number of nitrogens with zero attached hydrogens (tertiary/aromatic N) is 1. The fraction of sp³-hybridized carbons (Fsp3) is 0.273. The van der Waals surface area contributed by atoms with Gasteiger partial charge >= 0.3 is 0 Å². The van der Waals surface area contributed by atoms with E-state index in [1.807, 2.05) is 75.4 Å². The molecule has 2 rings (SSSR count). The zero-order valence-corrected chi connectivity index (χ0v) is 18.8. The van der Waals surface area contributed by atoms with Gasteiger partial charge < -0.3 is 5.11 Å². The van der Waals surface area contributed by atoms with Gasteiger partial charge in [-0.3, -0.25) is 0 Å². The van der Waals surface area contributed by atoms with Crippen LogP contribution in [0.3, 0.4) is 0 Å². The van der Waals surface area contributed by atoms with Crippen LogP contribution in [0.2, 0.25) is 0 Å². The summed E-state index contributed by atoms with van der Waals surface area (Å²) in [5.74, 6) is 0. The highest BCUT2D eigenvalue weighted by Gasteiger charge is 2.26. The zero-order valence-electron chi connectivity index (χ0n) is 16.4. The third kappa shape index (κ3) is 5.88. The van der Waals surface area contributed by atoms with Crippen molar-refractivity contribution in [2.45, 2.75) is 25.7 Å². The van der Waals surface area contributed by atoms with Crippen molar-refractivity contribution in [1.82, 2.24) is 4.31 Å². The molecule has 0 amide bonds. The molecular weight excluding hydrogens is 438 g/mol. The maximum atomic E-state index is 13.4. The largest absolute Gasteiger partial charge is 0.391 e. The van der Waals surface area contributed by atoms with E-state index >= 15 is 0 Å². The first-order chi connectivity index (χ1) is 13.3. The first-order valence-electron chi connectivity index (χ1n) is 9.00. The van der Waals surface area contributed by atoms with Crippen molar-refractivity contribution in [1.29, 1.82) is 0 Å². The van der Waals surface area contributed by atoms with E-state index in [0.29, 0.717) is 9.38 Å². The minimum Gasteiger partial charge on any atom is -0.391 e. The summed E-state index contributed by atoms with van der Waals surface area (Å²) in [4.78, 5) is 0.347. The molecular formula is C22H26BrNO3S. The minimum atomic E-state index is -3.70. The lowest BCUT2D eigenvalue weighted by Crippen LogP contribution is -2.32. The standard InChI is InChI=1S/C22H26BrNO3S/c1-17-14-18(2)22(19(3)15-17)28(26,27)24(13-11-21(23)16-25)12-7-10-20-8-5-4-6-9-20/h4-11,14-15,25H,12-13,16H2,1-3H3/b10-7+,21-11-. The van der Waals surface area contributed by atoms with Gasteiger partial charge in [-0.25, -0.2) is 8.42 Å². The smallest absolute Gasteiger partial charge is 0.244 e. The van der Waals surface area contributed by atoms with Gasteiger partial charge in [0.15, 0.2) is 0 Å². The van der Waals surface area contributed by atoms with Gasteiger partial charge in [0.25, 0.3) is 0 Å². The van der Waals surface area contributed by atoms with Crippen LogP contribution in [-0.4, -0.2) is 37.5 Å². The monoisotopic (exact) mass is 463 g/mol. The molecule has 0 unspecified atom stereocenters. The van der Waals surface area contributed by atoms with Gasteiger partial charge in [0.2, 0.25) is 10.0 Å². The predicted octanol–water partition coefficient (Wildman–Crippen LogP) is 4.59. The maximum Gasteiger partial charge on any atom is 0.244 e. The van der Waals surface area contributed by atoms with E-state index in [1.54, 1.807) is 6.08 Å². The normalized spacial score (nSPS) is 12.9. The fourth-order valence-corrected chi connectivity index (χ4v) is 5.00. The third-order valence-corrected chi connectivity index (χ3v) is 7.00. The van der Waals surface area contributed by atoms with Crippen molar-refractivity contribution in [2.24, 2.45) is 0 Å². The van der Waals surface area contributed by atoms with E-state index < -0.39 is 10.0 Å². The summed E-state index contributed by atoms with van der Waals surface area (Å²) in [5.41, 5.74) is 3.52. The molecule has 0 aliphatic rings. The first kappa shape index (κ1) is 22.6. The number of hydrogen-bond donors (Lipinski definition) is 1. The van der Waals surface area contributed by atoms with Crippen LogP contribution in [0.15, 0.2) is 64.0 Å². The second kappa shape index (κ2) is 10.2. The highest BCUT2D eigenvalue weighted by atomic mass is 79.9. The topological polar surface area (TPSA) is 57.6 Å². The van der Waals surface area contributed by atoms with Gasteiger partial charge in [-0.05, 0) is 37.5 Å². The molecule has 0 saturated heterocycles. The Morgan fingerprint density at radius 2 is 1.68 bits per heavy atom. The molecule has 0 saturated carbocycles. The van der Waals surface area contributed by atoms with E-state index in [0.717, 1.165) is 22.3 Å². The number of aryl methyl sites for hydroxylation is 3. The Balaban J connectivity index is 2.38. The molecule has 0 heterocycles. The molecule has 0 fully saturated rings. The van der Waals surface area contributed by atoms with Crippen molar-refractivity contribution in [2.75, 3.05) is 19.7 Å².